The lowest BCUT2D eigenvalue weighted by molar-refractivity contribution is 0.0907. The van der Waals surface area contributed by atoms with Gasteiger partial charge in [0.05, 0.1) is 6.10 Å². The molecule has 0 fully saturated rings. The standard InChI is InChI=1S/C15H16O2S2/c16-14(11-18-12-7-3-1-4-8-12)15(17)19-13-9-5-2-6-10-13/h1-10,14-17H,11H2. The van der Waals surface area contributed by atoms with E-state index in [2.05, 4.69) is 0 Å². The molecular formula is C15H16O2S2. The van der Waals surface area contributed by atoms with Crippen LogP contribution < -0.4 is 0 Å². The van der Waals surface area contributed by atoms with Crippen molar-refractivity contribution >= 4 is 23.5 Å². The molecule has 0 amide bonds. The van der Waals surface area contributed by atoms with E-state index in [4.69, 9.17) is 0 Å². The van der Waals surface area contributed by atoms with Crippen LogP contribution in [0.1, 0.15) is 0 Å². The maximum absolute atomic E-state index is 9.95. The van der Waals surface area contributed by atoms with Crippen molar-refractivity contribution in [2.45, 2.75) is 21.3 Å². The SMILES string of the molecule is OC(CSc1ccccc1)C(O)Sc1ccccc1. The lowest BCUT2D eigenvalue weighted by atomic mass is 10.4. The van der Waals surface area contributed by atoms with Gasteiger partial charge >= 0.3 is 0 Å². The number of thioether (sulfide) groups is 2. The molecule has 2 N–H and O–H groups in total. The quantitative estimate of drug-likeness (QED) is 0.633. The Morgan fingerprint density at radius 1 is 0.789 bits per heavy atom. The number of aliphatic hydroxyl groups is 2. The van der Waals surface area contributed by atoms with Crippen LogP contribution in [-0.4, -0.2) is 27.5 Å². The van der Waals surface area contributed by atoms with Crippen LogP contribution in [-0.2, 0) is 0 Å². The van der Waals surface area contributed by atoms with Crippen molar-refractivity contribution in [3.05, 3.63) is 60.7 Å². The third kappa shape index (κ3) is 4.91. The Kier molecular flexibility index (Phi) is 5.79. The number of hydrogen-bond donors (Lipinski definition) is 2. The zero-order valence-corrected chi connectivity index (χ0v) is 12.0. The average Bonchev–Trinajstić information content (AvgIpc) is 2.47. The molecule has 0 spiro atoms. The predicted molar refractivity (Wildman–Crippen MR) is 81.5 cm³/mol. The van der Waals surface area contributed by atoms with Crippen LogP contribution in [0.15, 0.2) is 70.5 Å². The number of rotatable bonds is 6. The molecule has 0 saturated carbocycles. The van der Waals surface area contributed by atoms with Crippen molar-refractivity contribution in [1.29, 1.82) is 0 Å². The van der Waals surface area contributed by atoms with Gasteiger partial charge in [0.25, 0.3) is 0 Å². The molecule has 2 rings (SSSR count). The minimum Gasteiger partial charge on any atom is -0.389 e. The number of benzene rings is 2. The van der Waals surface area contributed by atoms with Crippen molar-refractivity contribution in [3.63, 3.8) is 0 Å². The maximum Gasteiger partial charge on any atom is 0.130 e. The van der Waals surface area contributed by atoms with Gasteiger partial charge in [0.15, 0.2) is 0 Å². The zero-order chi connectivity index (χ0) is 13.5. The third-order valence-corrected chi connectivity index (χ3v) is 4.71. The van der Waals surface area contributed by atoms with Gasteiger partial charge in [-0.3, -0.25) is 0 Å². The minimum atomic E-state index is -0.807. The Labute approximate surface area is 121 Å². The lowest BCUT2D eigenvalue weighted by Crippen LogP contribution is -2.24. The topological polar surface area (TPSA) is 40.5 Å². The number of hydrogen-bond acceptors (Lipinski definition) is 4. The zero-order valence-electron chi connectivity index (χ0n) is 10.3. The van der Waals surface area contributed by atoms with Gasteiger partial charge in [0.2, 0.25) is 0 Å². The molecule has 0 aliphatic carbocycles. The van der Waals surface area contributed by atoms with Gasteiger partial charge in [-0.15, -0.1) is 11.8 Å². The Bertz CT molecular complexity index is 476. The summed E-state index contributed by atoms with van der Waals surface area (Å²) in [4.78, 5) is 2.05. The minimum absolute atomic E-state index is 0.477. The first-order valence-electron chi connectivity index (χ1n) is 6.01. The highest BCUT2D eigenvalue weighted by atomic mass is 32.2. The van der Waals surface area contributed by atoms with E-state index in [-0.39, 0.29) is 0 Å². The Morgan fingerprint density at radius 3 is 1.89 bits per heavy atom. The highest BCUT2D eigenvalue weighted by molar-refractivity contribution is 8.00. The van der Waals surface area contributed by atoms with Crippen molar-refractivity contribution in [2.75, 3.05) is 5.75 Å². The molecule has 0 bridgehead atoms. The molecule has 2 aromatic carbocycles. The van der Waals surface area contributed by atoms with Crippen LogP contribution in [0.3, 0.4) is 0 Å². The molecule has 4 heteroatoms. The van der Waals surface area contributed by atoms with E-state index in [1.165, 1.54) is 11.8 Å². The highest BCUT2D eigenvalue weighted by Gasteiger charge is 2.17. The summed E-state index contributed by atoms with van der Waals surface area (Å²) < 4.78 is 0. The smallest absolute Gasteiger partial charge is 0.130 e. The second-order valence-corrected chi connectivity index (χ2v) is 6.30. The van der Waals surface area contributed by atoms with Gasteiger partial charge in [0, 0.05) is 15.5 Å². The normalized spacial score (nSPS) is 14.0. The number of aliphatic hydroxyl groups excluding tert-OH is 2. The second kappa shape index (κ2) is 7.60. The van der Waals surface area contributed by atoms with Crippen LogP contribution in [0.5, 0.6) is 0 Å². The summed E-state index contributed by atoms with van der Waals surface area (Å²) in [6.07, 6.45) is -0.754. The molecule has 0 heterocycles. The summed E-state index contributed by atoms with van der Waals surface area (Å²) >= 11 is 2.82. The van der Waals surface area contributed by atoms with E-state index in [9.17, 15) is 10.2 Å². The van der Waals surface area contributed by atoms with Crippen molar-refractivity contribution < 1.29 is 10.2 Å². The van der Waals surface area contributed by atoms with Crippen LogP contribution in [0.4, 0.5) is 0 Å². The first-order valence-corrected chi connectivity index (χ1v) is 7.88. The fourth-order valence-electron chi connectivity index (χ4n) is 1.50. The van der Waals surface area contributed by atoms with E-state index in [1.54, 1.807) is 11.8 Å². The van der Waals surface area contributed by atoms with Crippen LogP contribution in [0, 0.1) is 0 Å². The molecule has 2 atom stereocenters. The van der Waals surface area contributed by atoms with Gasteiger partial charge in [-0.2, -0.15) is 0 Å². The van der Waals surface area contributed by atoms with E-state index >= 15 is 0 Å². The highest BCUT2D eigenvalue weighted by Crippen LogP contribution is 2.26. The molecular weight excluding hydrogens is 276 g/mol. The molecule has 100 valence electrons. The van der Waals surface area contributed by atoms with E-state index in [0.717, 1.165) is 9.79 Å². The predicted octanol–water partition coefficient (Wildman–Crippen LogP) is 3.25. The summed E-state index contributed by atoms with van der Waals surface area (Å²) in [5.74, 6) is 0.477. The largest absolute Gasteiger partial charge is 0.389 e. The molecule has 0 aromatic heterocycles. The monoisotopic (exact) mass is 292 g/mol. The summed E-state index contributed by atoms with van der Waals surface area (Å²) in [5, 5.41) is 19.9. The average molecular weight is 292 g/mol. The fraction of sp³-hybridized carbons (Fsp3) is 0.200. The van der Waals surface area contributed by atoms with Gasteiger partial charge in [-0.05, 0) is 24.3 Å². The molecule has 0 aliphatic heterocycles. The third-order valence-electron chi connectivity index (χ3n) is 2.49. The Morgan fingerprint density at radius 2 is 1.32 bits per heavy atom. The van der Waals surface area contributed by atoms with Gasteiger partial charge in [0.1, 0.15) is 5.44 Å². The summed E-state index contributed by atoms with van der Waals surface area (Å²) in [6.45, 7) is 0. The van der Waals surface area contributed by atoms with Crippen LogP contribution in [0.25, 0.3) is 0 Å². The van der Waals surface area contributed by atoms with E-state index in [1.807, 2.05) is 60.7 Å². The van der Waals surface area contributed by atoms with Crippen molar-refractivity contribution in [2.24, 2.45) is 0 Å². The molecule has 19 heavy (non-hydrogen) atoms. The molecule has 2 aromatic rings. The Balaban J connectivity index is 1.81. The molecule has 0 saturated heterocycles. The van der Waals surface area contributed by atoms with Gasteiger partial charge in [-0.25, -0.2) is 0 Å². The summed E-state index contributed by atoms with van der Waals surface area (Å²) in [5.41, 5.74) is -0.807. The van der Waals surface area contributed by atoms with Crippen molar-refractivity contribution in [3.8, 4) is 0 Å². The fourth-order valence-corrected chi connectivity index (χ4v) is 3.36. The molecule has 2 nitrogen and oxygen atoms in total. The molecule has 0 radical (unpaired) electrons. The van der Waals surface area contributed by atoms with Gasteiger partial charge < -0.3 is 10.2 Å². The first kappa shape index (κ1) is 14.5. The molecule has 2 unspecified atom stereocenters. The summed E-state index contributed by atoms with van der Waals surface area (Å²) in [6, 6.07) is 19.5. The molecule has 0 aliphatic rings. The second-order valence-electron chi connectivity index (χ2n) is 4.01. The van der Waals surface area contributed by atoms with Gasteiger partial charge in [-0.1, -0.05) is 48.2 Å². The lowest BCUT2D eigenvalue weighted by Gasteiger charge is -2.17. The van der Waals surface area contributed by atoms with Crippen molar-refractivity contribution in [1.82, 2.24) is 0 Å². The first-order chi connectivity index (χ1) is 9.25. The van der Waals surface area contributed by atoms with E-state index in [0.29, 0.717) is 5.75 Å². The van der Waals surface area contributed by atoms with Crippen LogP contribution in [0.2, 0.25) is 0 Å². The van der Waals surface area contributed by atoms with E-state index < -0.39 is 11.5 Å². The van der Waals surface area contributed by atoms with Crippen LogP contribution >= 0.6 is 23.5 Å². The Hall–Kier alpha value is -0.940. The summed E-state index contributed by atoms with van der Waals surface area (Å²) in [7, 11) is 0. The maximum atomic E-state index is 9.95.